The van der Waals surface area contributed by atoms with Gasteiger partial charge in [-0.3, -0.25) is 14.5 Å². The SMILES string of the molecule is CCN(C(=O)CN(C)CCCC(=O)O)C1CC1. The molecule has 0 radical (unpaired) electrons. The summed E-state index contributed by atoms with van der Waals surface area (Å²) in [6.07, 6.45) is 3.01. The molecule has 1 aliphatic rings. The number of hydrogen-bond donors (Lipinski definition) is 1. The molecule has 0 atom stereocenters. The summed E-state index contributed by atoms with van der Waals surface area (Å²) in [4.78, 5) is 26.1. The number of aliphatic carboxylic acids is 1. The molecule has 0 spiro atoms. The first-order valence-corrected chi connectivity index (χ1v) is 6.24. The minimum absolute atomic E-state index is 0.160. The molecule has 0 unspecified atom stereocenters. The highest BCUT2D eigenvalue weighted by Gasteiger charge is 2.31. The van der Waals surface area contributed by atoms with Crippen LogP contribution in [0, 0.1) is 0 Å². The van der Waals surface area contributed by atoms with Gasteiger partial charge in [-0.05, 0) is 39.8 Å². The van der Waals surface area contributed by atoms with E-state index in [1.165, 1.54) is 0 Å². The zero-order valence-electron chi connectivity index (χ0n) is 10.7. The van der Waals surface area contributed by atoms with E-state index in [4.69, 9.17) is 5.11 Å². The van der Waals surface area contributed by atoms with Crippen LogP contribution in [0.4, 0.5) is 0 Å². The summed E-state index contributed by atoms with van der Waals surface area (Å²) < 4.78 is 0. The summed E-state index contributed by atoms with van der Waals surface area (Å²) >= 11 is 0. The van der Waals surface area contributed by atoms with Gasteiger partial charge in [0.2, 0.25) is 5.91 Å². The Morgan fingerprint density at radius 1 is 1.35 bits per heavy atom. The first kappa shape index (κ1) is 14.0. The van der Waals surface area contributed by atoms with Gasteiger partial charge in [0.15, 0.2) is 0 Å². The first-order chi connectivity index (χ1) is 8.04. The van der Waals surface area contributed by atoms with Crippen molar-refractivity contribution < 1.29 is 14.7 Å². The lowest BCUT2D eigenvalue weighted by Crippen LogP contribution is -2.40. The van der Waals surface area contributed by atoms with E-state index in [1.807, 2.05) is 23.8 Å². The van der Waals surface area contributed by atoms with Crippen molar-refractivity contribution >= 4 is 11.9 Å². The molecule has 5 nitrogen and oxygen atoms in total. The number of amides is 1. The molecular weight excluding hydrogens is 220 g/mol. The van der Waals surface area contributed by atoms with E-state index in [1.54, 1.807) is 0 Å². The van der Waals surface area contributed by atoms with Gasteiger partial charge < -0.3 is 10.0 Å². The van der Waals surface area contributed by atoms with Gasteiger partial charge in [-0.1, -0.05) is 0 Å². The number of rotatable bonds is 8. The zero-order chi connectivity index (χ0) is 12.8. The van der Waals surface area contributed by atoms with Gasteiger partial charge in [-0.15, -0.1) is 0 Å². The molecule has 1 rings (SSSR count). The van der Waals surface area contributed by atoms with Crippen LogP contribution in [0.2, 0.25) is 0 Å². The van der Waals surface area contributed by atoms with E-state index >= 15 is 0 Å². The van der Waals surface area contributed by atoms with Crippen molar-refractivity contribution in [3.05, 3.63) is 0 Å². The van der Waals surface area contributed by atoms with Crippen molar-refractivity contribution in [1.29, 1.82) is 0 Å². The normalized spacial score (nSPS) is 15.0. The number of carboxylic acid groups (broad SMARTS) is 1. The molecule has 0 heterocycles. The molecule has 0 saturated heterocycles. The smallest absolute Gasteiger partial charge is 0.303 e. The Morgan fingerprint density at radius 2 is 2.00 bits per heavy atom. The van der Waals surface area contributed by atoms with E-state index in [-0.39, 0.29) is 12.3 Å². The van der Waals surface area contributed by atoms with Crippen LogP contribution in [-0.4, -0.2) is 59.5 Å². The Bertz CT molecular complexity index is 277. The monoisotopic (exact) mass is 242 g/mol. The third kappa shape index (κ3) is 5.17. The minimum atomic E-state index is -0.780. The van der Waals surface area contributed by atoms with Crippen LogP contribution in [0.1, 0.15) is 32.6 Å². The van der Waals surface area contributed by atoms with Gasteiger partial charge in [-0.2, -0.15) is 0 Å². The summed E-state index contributed by atoms with van der Waals surface area (Å²) in [6, 6.07) is 0.458. The lowest BCUT2D eigenvalue weighted by atomic mass is 10.3. The zero-order valence-corrected chi connectivity index (χ0v) is 10.7. The highest BCUT2D eigenvalue weighted by molar-refractivity contribution is 5.78. The van der Waals surface area contributed by atoms with E-state index in [9.17, 15) is 9.59 Å². The summed E-state index contributed by atoms with van der Waals surface area (Å²) in [5.74, 6) is -0.620. The fourth-order valence-corrected chi connectivity index (χ4v) is 1.93. The Balaban J connectivity index is 2.22. The standard InChI is InChI=1S/C12H22N2O3/c1-3-14(10-6-7-10)11(15)9-13(2)8-4-5-12(16)17/h10H,3-9H2,1-2H3,(H,16,17). The molecule has 17 heavy (non-hydrogen) atoms. The molecule has 0 aliphatic heterocycles. The molecule has 1 saturated carbocycles. The molecule has 1 aliphatic carbocycles. The lowest BCUT2D eigenvalue weighted by Gasteiger charge is -2.24. The quantitative estimate of drug-likeness (QED) is 0.683. The van der Waals surface area contributed by atoms with Crippen LogP contribution in [0.15, 0.2) is 0 Å². The predicted octanol–water partition coefficient (Wildman–Crippen LogP) is 0.794. The van der Waals surface area contributed by atoms with Crippen molar-refractivity contribution in [2.45, 2.75) is 38.6 Å². The Kier molecular flexibility index (Phi) is 5.41. The van der Waals surface area contributed by atoms with Crippen LogP contribution >= 0.6 is 0 Å². The summed E-state index contributed by atoms with van der Waals surface area (Å²) in [6.45, 7) is 3.82. The molecule has 1 fully saturated rings. The van der Waals surface area contributed by atoms with Crippen LogP contribution in [-0.2, 0) is 9.59 Å². The molecular formula is C12H22N2O3. The third-order valence-corrected chi connectivity index (χ3v) is 2.98. The van der Waals surface area contributed by atoms with E-state index < -0.39 is 5.97 Å². The average molecular weight is 242 g/mol. The summed E-state index contributed by atoms with van der Waals surface area (Å²) in [7, 11) is 1.86. The Hall–Kier alpha value is -1.10. The summed E-state index contributed by atoms with van der Waals surface area (Å²) in [5, 5.41) is 8.52. The number of carboxylic acids is 1. The molecule has 0 aromatic carbocycles. The van der Waals surface area contributed by atoms with Crippen molar-refractivity contribution in [2.24, 2.45) is 0 Å². The topological polar surface area (TPSA) is 60.9 Å². The van der Waals surface area contributed by atoms with E-state index in [0.717, 1.165) is 19.4 Å². The molecule has 1 amide bonds. The second-order valence-electron chi connectivity index (χ2n) is 4.65. The maximum atomic E-state index is 11.9. The molecule has 5 heteroatoms. The number of hydrogen-bond acceptors (Lipinski definition) is 3. The maximum Gasteiger partial charge on any atom is 0.303 e. The van der Waals surface area contributed by atoms with Crippen LogP contribution in [0.3, 0.4) is 0 Å². The predicted molar refractivity (Wildman–Crippen MR) is 64.8 cm³/mol. The minimum Gasteiger partial charge on any atom is -0.481 e. The molecule has 0 aromatic heterocycles. The Morgan fingerprint density at radius 3 is 2.47 bits per heavy atom. The third-order valence-electron chi connectivity index (χ3n) is 2.98. The second kappa shape index (κ2) is 6.59. The van der Waals surface area contributed by atoms with Crippen molar-refractivity contribution in [3.63, 3.8) is 0 Å². The molecule has 1 N–H and O–H groups in total. The lowest BCUT2D eigenvalue weighted by molar-refractivity contribution is -0.137. The highest BCUT2D eigenvalue weighted by Crippen LogP contribution is 2.26. The van der Waals surface area contributed by atoms with Crippen molar-refractivity contribution in [1.82, 2.24) is 9.80 Å². The first-order valence-electron chi connectivity index (χ1n) is 6.24. The van der Waals surface area contributed by atoms with Crippen LogP contribution < -0.4 is 0 Å². The van der Waals surface area contributed by atoms with Gasteiger partial charge in [0, 0.05) is 19.0 Å². The highest BCUT2D eigenvalue weighted by atomic mass is 16.4. The van der Waals surface area contributed by atoms with E-state index in [0.29, 0.717) is 25.6 Å². The summed E-state index contributed by atoms with van der Waals surface area (Å²) in [5.41, 5.74) is 0. The molecule has 0 bridgehead atoms. The fourth-order valence-electron chi connectivity index (χ4n) is 1.93. The van der Waals surface area contributed by atoms with Crippen molar-refractivity contribution in [3.8, 4) is 0 Å². The number of carbonyl (C=O) groups is 2. The maximum absolute atomic E-state index is 11.9. The number of likely N-dealkylation sites (N-methyl/N-ethyl adjacent to an activating group) is 2. The van der Waals surface area contributed by atoms with Gasteiger partial charge in [0.25, 0.3) is 0 Å². The molecule has 98 valence electrons. The number of carbonyl (C=O) groups excluding carboxylic acids is 1. The fraction of sp³-hybridized carbons (Fsp3) is 0.833. The number of nitrogens with zero attached hydrogens (tertiary/aromatic N) is 2. The van der Waals surface area contributed by atoms with E-state index in [2.05, 4.69) is 0 Å². The van der Waals surface area contributed by atoms with Crippen LogP contribution in [0.25, 0.3) is 0 Å². The average Bonchev–Trinajstić information content (AvgIpc) is 3.02. The van der Waals surface area contributed by atoms with Gasteiger partial charge in [0.05, 0.1) is 6.54 Å². The second-order valence-corrected chi connectivity index (χ2v) is 4.65. The van der Waals surface area contributed by atoms with Crippen molar-refractivity contribution in [2.75, 3.05) is 26.7 Å². The van der Waals surface area contributed by atoms with Gasteiger partial charge in [-0.25, -0.2) is 0 Å². The van der Waals surface area contributed by atoms with Gasteiger partial charge in [0.1, 0.15) is 0 Å². The Labute approximate surface area is 102 Å². The largest absolute Gasteiger partial charge is 0.481 e. The molecule has 0 aromatic rings. The van der Waals surface area contributed by atoms with Crippen LogP contribution in [0.5, 0.6) is 0 Å². The van der Waals surface area contributed by atoms with Gasteiger partial charge >= 0.3 is 5.97 Å².